The van der Waals surface area contributed by atoms with Gasteiger partial charge in [-0.2, -0.15) is 0 Å². The highest BCUT2D eigenvalue weighted by Gasteiger charge is 2.19. The van der Waals surface area contributed by atoms with Crippen LogP contribution in [0.1, 0.15) is 6.92 Å². The second-order valence-corrected chi connectivity index (χ2v) is 6.50. The molecule has 2 aliphatic rings. The lowest BCUT2D eigenvalue weighted by molar-refractivity contribution is 0.0394. The highest BCUT2D eigenvalue weighted by molar-refractivity contribution is 14.0. The fraction of sp³-hybridized carbons (Fsp3) is 0.632. The van der Waals surface area contributed by atoms with Crippen molar-refractivity contribution in [3.8, 4) is 0 Å². The fourth-order valence-corrected chi connectivity index (χ4v) is 3.36. The van der Waals surface area contributed by atoms with Crippen LogP contribution >= 0.6 is 24.0 Å². The third kappa shape index (κ3) is 6.28. The van der Waals surface area contributed by atoms with Gasteiger partial charge in [-0.05, 0) is 19.1 Å². The lowest BCUT2D eigenvalue weighted by Gasteiger charge is -2.37. The zero-order chi connectivity index (χ0) is 17.3. The summed E-state index contributed by atoms with van der Waals surface area (Å²) < 4.78 is 5.40. The smallest absolute Gasteiger partial charge is 0.194 e. The van der Waals surface area contributed by atoms with Gasteiger partial charge in [0.15, 0.2) is 5.96 Å². The predicted molar refractivity (Wildman–Crippen MR) is 119 cm³/mol. The molecule has 0 spiro atoms. The van der Waals surface area contributed by atoms with Crippen molar-refractivity contribution in [3.63, 3.8) is 0 Å². The molecule has 1 aromatic rings. The molecule has 2 aliphatic heterocycles. The Kier molecular flexibility index (Phi) is 9.49. The third-order valence-electron chi connectivity index (χ3n) is 4.82. The quantitative estimate of drug-likeness (QED) is 0.401. The Morgan fingerprint density at radius 3 is 2.38 bits per heavy atom. The molecule has 0 saturated carbocycles. The molecular weight excluding hydrogens is 441 g/mol. The van der Waals surface area contributed by atoms with E-state index in [2.05, 4.69) is 57.3 Å². The van der Waals surface area contributed by atoms with Crippen molar-refractivity contribution in [1.29, 1.82) is 0 Å². The molecule has 2 fully saturated rings. The van der Waals surface area contributed by atoms with Crippen LogP contribution in [0, 0.1) is 0 Å². The Balaban J connectivity index is 0.00000243. The van der Waals surface area contributed by atoms with Gasteiger partial charge in [0, 0.05) is 58.0 Å². The first-order valence-corrected chi connectivity index (χ1v) is 9.50. The summed E-state index contributed by atoms with van der Waals surface area (Å²) in [6.45, 7) is 12.8. The maximum absolute atomic E-state index is 5.40. The number of piperazine rings is 1. The van der Waals surface area contributed by atoms with Crippen molar-refractivity contribution < 1.29 is 4.74 Å². The van der Waals surface area contributed by atoms with Gasteiger partial charge in [0.1, 0.15) is 0 Å². The summed E-state index contributed by atoms with van der Waals surface area (Å²) in [5.74, 6) is 1.06. The summed E-state index contributed by atoms with van der Waals surface area (Å²) in [5.41, 5.74) is 1.32. The first-order chi connectivity index (χ1) is 12.4. The summed E-state index contributed by atoms with van der Waals surface area (Å²) in [7, 11) is 0. The van der Waals surface area contributed by atoms with E-state index in [9.17, 15) is 0 Å². The van der Waals surface area contributed by atoms with Gasteiger partial charge in [0.25, 0.3) is 0 Å². The Morgan fingerprint density at radius 1 is 1.04 bits per heavy atom. The molecule has 3 rings (SSSR count). The van der Waals surface area contributed by atoms with Crippen LogP contribution in [0.15, 0.2) is 35.3 Å². The van der Waals surface area contributed by atoms with Crippen molar-refractivity contribution in [3.05, 3.63) is 30.3 Å². The van der Waals surface area contributed by atoms with E-state index in [1.165, 1.54) is 5.69 Å². The molecule has 0 aromatic heterocycles. The van der Waals surface area contributed by atoms with Crippen LogP contribution in [0.4, 0.5) is 5.69 Å². The molecule has 1 N–H and O–H groups in total. The summed E-state index contributed by atoms with van der Waals surface area (Å²) in [5, 5.41) is 3.46. The van der Waals surface area contributed by atoms with E-state index in [0.29, 0.717) is 0 Å². The van der Waals surface area contributed by atoms with E-state index in [0.717, 1.165) is 78.1 Å². The van der Waals surface area contributed by atoms with Crippen molar-refractivity contribution in [2.75, 3.05) is 77.0 Å². The lowest BCUT2D eigenvalue weighted by Crippen LogP contribution is -2.52. The van der Waals surface area contributed by atoms with Gasteiger partial charge in [-0.25, -0.2) is 0 Å². The first-order valence-electron chi connectivity index (χ1n) is 9.50. The molecule has 0 unspecified atom stereocenters. The fourth-order valence-electron chi connectivity index (χ4n) is 3.36. The summed E-state index contributed by atoms with van der Waals surface area (Å²) in [6.07, 6.45) is 0. The Labute approximate surface area is 174 Å². The molecule has 26 heavy (non-hydrogen) atoms. The monoisotopic (exact) mass is 473 g/mol. The minimum absolute atomic E-state index is 0. The molecule has 0 aliphatic carbocycles. The van der Waals surface area contributed by atoms with Gasteiger partial charge < -0.3 is 19.9 Å². The molecule has 0 radical (unpaired) electrons. The van der Waals surface area contributed by atoms with Gasteiger partial charge in [-0.15, -0.1) is 24.0 Å². The number of hydrogen-bond acceptors (Lipinski definition) is 4. The van der Waals surface area contributed by atoms with Crippen LogP contribution in [0.2, 0.25) is 0 Å². The zero-order valence-corrected chi connectivity index (χ0v) is 18.1. The average Bonchev–Trinajstić information content (AvgIpc) is 2.69. The van der Waals surface area contributed by atoms with E-state index in [1.807, 2.05) is 0 Å². The summed E-state index contributed by atoms with van der Waals surface area (Å²) >= 11 is 0. The minimum atomic E-state index is 0. The second-order valence-electron chi connectivity index (χ2n) is 6.50. The predicted octanol–water partition coefficient (Wildman–Crippen LogP) is 1.72. The molecule has 6 nitrogen and oxygen atoms in total. The topological polar surface area (TPSA) is 43.3 Å². The van der Waals surface area contributed by atoms with Crippen LogP contribution in [-0.2, 0) is 4.74 Å². The number of aliphatic imine (C=N–C) groups is 1. The molecule has 0 atom stereocenters. The third-order valence-corrected chi connectivity index (χ3v) is 4.82. The van der Waals surface area contributed by atoms with E-state index < -0.39 is 0 Å². The van der Waals surface area contributed by atoms with E-state index in [4.69, 9.17) is 9.73 Å². The molecule has 2 heterocycles. The van der Waals surface area contributed by atoms with E-state index >= 15 is 0 Å². The second kappa shape index (κ2) is 11.6. The molecule has 7 heteroatoms. The average molecular weight is 473 g/mol. The SMILES string of the molecule is CCNC(=NCCN1CCOCC1)N1CCN(c2ccccc2)CC1.I. The van der Waals surface area contributed by atoms with Crippen LogP contribution in [0.5, 0.6) is 0 Å². The highest BCUT2D eigenvalue weighted by atomic mass is 127. The van der Waals surface area contributed by atoms with Gasteiger partial charge in [0.05, 0.1) is 19.8 Å². The number of anilines is 1. The van der Waals surface area contributed by atoms with Crippen molar-refractivity contribution >= 4 is 35.6 Å². The molecular formula is C19H32IN5O. The van der Waals surface area contributed by atoms with Crippen LogP contribution in [0.3, 0.4) is 0 Å². The molecule has 2 saturated heterocycles. The van der Waals surface area contributed by atoms with Crippen molar-refractivity contribution in [2.24, 2.45) is 4.99 Å². The van der Waals surface area contributed by atoms with Gasteiger partial charge in [-0.1, -0.05) is 18.2 Å². The van der Waals surface area contributed by atoms with E-state index in [-0.39, 0.29) is 24.0 Å². The molecule has 0 bridgehead atoms. The van der Waals surface area contributed by atoms with Gasteiger partial charge >= 0.3 is 0 Å². The lowest BCUT2D eigenvalue weighted by atomic mass is 10.2. The van der Waals surface area contributed by atoms with Gasteiger partial charge in [0.2, 0.25) is 0 Å². The number of morpholine rings is 1. The first kappa shape index (κ1) is 21.2. The Hall–Kier alpha value is -1.06. The largest absolute Gasteiger partial charge is 0.379 e. The number of rotatable bonds is 5. The molecule has 1 aromatic carbocycles. The number of hydrogen-bond donors (Lipinski definition) is 1. The minimum Gasteiger partial charge on any atom is -0.379 e. The summed E-state index contributed by atoms with van der Waals surface area (Å²) in [6, 6.07) is 10.7. The normalized spacial score (nSPS) is 19.2. The van der Waals surface area contributed by atoms with Gasteiger partial charge in [-0.3, -0.25) is 9.89 Å². The standard InChI is InChI=1S/C19H31N5O.HI/c1-2-20-19(21-8-9-22-14-16-25-17-15-22)24-12-10-23(11-13-24)18-6-4-3-5-7-18;/h3-7H,2,8-17H2,1H3,(H,20,21);1H. The number of ether oxygens (including phenoxy) is 1. The van der Waals surface area contributed by atoms with E-state index in [1.54, 1.807) is 0 Å². The molecule has 146 valence electrons. The van der Waals surface area contributed by atoms with Crippen LogP contribution in [-0.4, -0.2) is 87.9 Å². The Bertz CT molecular complexity index is 528. The van der Waals surface area contributed by atoms with Crippen LogP contribution < -0.4 is 10.2 Å². The number of halogens is 1. The molecule has 0 amide bonds. The number of benzene rings is 1. The summed E-state index contributed by atoms with van der Waals surface area (Å²) in [4.78, 5) is 12.1. The van der Waals surface area contributed by atoms with Crippen molar-refractivity contribution in [1.82, 2.24) is 15.1 Å². The Morgan fingerprint density at radius 2 is 1.73 bits per heavy atom. The van der Waals surface area contributed by atoms with Crippen molar-refractivity contribution in [2.45, 2.75) is 6.92 Å². The maximum atomic E-state index is 5.40. The zero-order valence-electron chi connectivity index (χ0n) is 15.8. The number of nitrogens with one attached hydrogen (secondary N) is 1. The highest BCUT2D eigenvalue weighted by Crippen LogP contribution is 2.15. The number of nitrogens with zero attached hydrogens (tertiary/aromatic N) is 4. The van der Waals surface area contributed by atoms with Crippen LogP contribution in [0.25, 0.3) is 0 Å². The maximum Gasteiger partial charge on any atom is 0.194 e. The number of guanidine groups is 1. The number of para-hydroxylation sites is 1.